The van der Waals surface area contributed by atoms with Crippen LogP contribution < -0.4 is 5.32 Å². The van der Waals surface area contributed by atoms with Crippen molar-refractivity contribution >= 4 is 29.0 Å². The molecule has 0 bridgehead atoms. The summed E-state index contributed by atoms with van der Waals surface area (Å²) < 4.78 is 4.85. The first kappa shape index (κ1) is 14.7. The molecule has 1 atom stereocenters. The molecule has 116 valence electrons. The Morgan fingerprint density at radius 2 is 2.32 bits per heavy atom. The van der Waals surface area contributed by atoms with Crippen LogP contribution in [-0.4, -0.2) is 53.8 Å². The van der Waals surface area contributed by atoms with Gasteiger partial charge < -0.3 is 15.0 Å². The number of carbonyl (C=O) groups excluding carboxylic acids is 2. The van der Waals surface area contributed by atoms with Crippen molar-refractivity contribution in [3.63, 3.8) is 0 Å². The number of nitrogens with one attached hydrogen (secondary N) is 1. The van der Waals surface area contributed by atoms with Gasteiger partial charge in [0.1, 0.15) is 0 Å². The van der Waals surface area contributed by atoms with Gasteiger partial charge in [0.25, 0.3) is 0 Å². The summed E-state index contributed by atoms with van der Waals surface area (Å²) in [5.41, 5.74) is 1.42. The Hall–Kier alpha value is -2.22. The monoisotopic (exact) mass is 320 g/mol. The lowest BCUT2D eigenvalue weighted by molar-refractivity contribution is -0.136. The van der Waals surface area contributed by atoms with Gasteiger partial charge in [0.05, 0.1) is 25.3 Å². The Kier molecular flexibility index (Phi) is 3.93. The van der Waals surface area contributed by atoms with Crippen molar-refractivity contribution in [2.75, 3.05) is 20.2 Å². The first-order valence-corrected chi connectivity index (χ1v) is 7.77. The standard InChI is InChI=1S/C14H16N4O3S/c1-8(19)17-9-5-11-10(14(20)21-2)6-16-12(18(11)7-9)13-15-3-4-22-13/h3-4,9H,5-7H2,1-2H3,(H,17,19)/t9-/m0/s1. The summed E-state index contributed by atoms with van der Waals surface area (Å²) in [7, 11) is 1.36. The number of amidine groups is 1. The highest BCUT2D eigenvalue weighted by Crippen LogP contribution is 2.31. The molecule has 22 heavy (non-hydrogen) atoms. The fourth-order valence-electron chi connectivity index (χ4n) is 2.78. The van der Waals surface area contributed by atoms with Crippen molar-refractivity contribution in [2.24, 2.45) is 4.99 Å². The van der Waals surface area contributed by atoms with Crippen LogP contribution in [0, 0.1) is 0 Å². The lowest BCUT2D eigenvalue weighted by atomic mass is 10.1. The molecule has 0 radical (unpaired) electrons. The largest absolute Gasteiger partial charge is 0.466 e. The van der Waals surface area contributed by atoms with Crippen molar-refractivity contribution in [3.8, 4) is 0 Å². The molecule has 1 amide bonds. The summed E-state index contributed by atoms with van der Waals surface area (Å²) in [6.07, 6.45) is 2.32. The average Bonchev–Trinajstić information content (AvgIpc) is 3.13. The van der Waals surface area contributed by atoms with E-state index in [0.29, 0.717) is 18.5 Å². The molecule has 8 heteroatoms. The van der Waals surface area contributed by atoms with E-state index in [4.69, 9.17) is 4.74 Å². The number of thiazole rings is 1. The first-order valence-electron chi connectivity index (χ1n) is 6.89. The number of aliphatic imine (C=N–C) groups is 1. The highest BCUT2D eigenvalue weighted by atomic mass is 32.1. The van der Waals surface area contributed by atoms with Crippen LogP contribution in [-0.2, 0) is 14.3 Å². The third-order valence-electron chi connectivity index (χ3n) is 3.62. The predicted octanol–water partition coefficient (Wildman–Crippen LogP) is 0.541. The van der Waals surface area contributed by atoms with Gasteiger partial charge in [-0.1, -0.05) is 0 Å². The second-order valence-electron chi connectivity index (χ2n) is 5.11. The Morgan fingerprint density at radius 3 is 2.95 bits per heavy atom. The number of hydrogen-bond acceptors (Lipinski definition) is 7. The number of ether oxygens (including phenoxy) is 1. The fraction of sp³-hybridized carbons (Fsp3) is 0.429. The van der Waals surface area contributed by atoms with Gasteiger partial charge in [0, 0.05) is 37.2 Å². The van der Waals surface area contributed by atoms with Crippen molar-refractivity contribution in [2.45, 2.75) is 19.4 Å². The highest BCUT2D eigenvalue weighted by Gasteiger charge is 2.37. The summed E-state index contributed by atoms with van der Waals surface area (Å²) in [6.45, 7) is 2.34. The van der Waals surface area contributed by atoms with Crippen molar-refractivity contribution in [3.05, 3.63) is 27.9 Å². The van der Waals surface area contributed by atoms with E-state index in [2.05, 4.69) is 15.3 Å². The number of esters is 1. The molecule has 2 aliphatic heterocycles. The molecule has 1 fully saturated rings. The normalized spacial score (nSPS) is 20.5. The van der Waals surface area contributed by atoms with E-state index >= 15 is 0 Å². The van der Waals surface area contributed by atoms with Crippen molar-refractivity contribution in [1.29, 1.82) is 0 Å². The minimum Gasteiger partial charge on any atom is -0.466 e. The van der Waals surface area contributed by atoms with Gasteiger partial charge in [0.15, 0.2) is 10.8 Å². The first-order chi connectivity index (χ1) is 10.6. The summed E-state index contributed by atoms with van der Waals surface area (Å²) >= 11 is 1.50. The molecular formula is C14H16N4O3S. The predicted molar refractivity (Wildman–Crippen MR) is 81.5 cm³/mol. The number of fused-ring (bicyclic) bond motifs is 1. The smallest absolute Gasteiger partial charge is 0.337 e. The molecule has 1 saturated heterocycles. The minimum atomic E-state index is -0.370. The Bertz CT molecular complexity index is 666. The second kappa shape index (κ2) is 5.88. The van der Waals surface area contributed by atoms with Crippen molar-refractivity contribution < 1.29 is 14.3 Å². The number of amides is 1. The Balaban J connectivity index is 1.94. The zero-order chi connectivity index (χ0) is 15.7. The zero-order valence-corrected chi connectivity index (χ0v) is 13.1. The molecule has 1 aromatic rings. The van der Waals surface area contributed by atoms with E-state index in [0.717, 1.165) is 16.5 Å². The summed E-state index contributed by atoms with van der Waals surface area (Å²) in [5.74, 6) is 0.300. The summed E-state index contributed by atoms with van der Waals surface area (Å²) in [4.78, 5) is 34.0. The lowest BCUT2D eigenvalue weighted by Crippen LogP contribution is -2.38. The molecule has 0 spiro atoms. The molecule has 1 aromatic heterocycles. The van der Waals surface area contributed by atoms with Crippen LogP contribution in [0.2, 0.25) is 0 Å². The van der Waals surface area contributed by atoms with Gasteiger partial charge in [0.2, 0.25) is 5.91 Å². The topological polar surface area (TPSA) is 83.9 Å². The highest BCUT2D eigenvalue weighted by molar-refractivity contribution is 7.11. The second-order valence-corrected chi connectivity index (χ2v) is 6.00. The SMILES string of the molecule is COC(=O)C1=C2C[C@H](NC(C)=O)CN2C(c2nccs2)=NC1. The lowest BCUT2D eigenvalue weighted by Gasteiger charge is -2.26. The maximum Gasteiger partial charge on any atom is 0.337 e. The number of nitrogens with zero attached hydrogens (tertiary/aromatic N) is 3. The van der Waals surface area contributed by atoms with Gasteiger partial charge in [-0.2, -0.15) is 0 Å². The van der Waals surface area contributed by atoms with Crippen LogP contribution in [0.4, 0.5) is 0 Å². The van der Waals surface area contributed by atoms with E-state index in [1.165, 1.54) is 25.4 Å². The summed E-state index contributed by atoms with van der Waals surface area (Å²) in [5, 5.41) is 5.60. The van der Waals surface area contributed by atoms with Gasteiger partial charge in [-0.25, -0.2) is 9.78 Å². The molecule has 3 heterocycles. The molecule has 1 N–H and O–H groups in total. The average molecular weight is 320 g/mol. The maximum atomic E-state index is 12.0. The van der Waals surface area contributed by atoms with Gasteiger partial charge in [-0.05, 0) is 0 Å². The van der Waals surface area contributed by atoms with Gasteiger partial charge in [-0.15, -0.1) is 11.3 Å². The third kappa shape index (κ3) is 2.61. The Morgan fingerprint density at radius 1 is 1.50 bits per heavy atom. The van der Waals surface area contributed by atoms with E-state index in [1.54, 1.807) is 6.20 Å². The van der Waals surface area contributed by atoms with Crippen LogP contribution in [0.5, 0.6) is 0 Å². The Labute approximate surface area is 131 Å². The number of carbonyl (C=O) groups is 2. The van der Waals surface area contributed by atoms with Crippen LogP contribution in [0.3, 0.4) is 0 Å². The molecule has 0 unspecified atom stereocenters. The maximum absolute atomic E-state index is 12.0. The van der Waals surface area contributed by atoms with Crippen LogP contribution in [0.25, 0.3) is 0 Å². The molecular weight excluding hydrogens is 304 g/mol. The van der Waals surface area contributed by atoms with E-state index in [1.807, 2.05) is 10.3 Å². The van der Waals surface area contributed by atoms with Crippen molar-refractivity contribution in [1.82, 2.24) is 15.2 Å². The molecule has 3 rings (SSSR count). The zero-order valence-electron chi connectivity index (χ0n) is 12.3. The van der Waals surface area contributed by atoms with Crippen LogP contribution >= 0.6 is 11.3 Å². The van der Waals surface area contributed by atoms with E-state index < -0.39 is 0 Å². The number of rotatable bonds is 3. The number of hydrogen-bond donors (Lipinski definition) is 1. The van der Waals surface area contributed by atoms with E-state index in [-0.39, 0.29) is 24.5 Å². The molecule has 0 saturated carbocycles. The van der Waals surface area contributed by atoms with Gasteiger partial charge >= 0.3 is 5.97 Å². The van der Waals surface area contributed by atoms with Crippen LogP contribution in [0.15, 0.2) is 27.8 Å². The molecule has 7 nitrogen and oxygen atoms in total. The molecule has 2 aliphatic rings. The number of aromatic nitrogens is 1. The fourth-order valence-corrected chi connectivity index (χ4v) is 3.43. The molecule has 0 aliphatic carbocycles. The third-order valence-corrected chi connectivity index (χ3v) is 4.39. The summed E-state index contributed by atoms with van der Waals surface area (Å²) in [6, 6.07) is -0.0459. The number of methoxy groups -OCH3 is 1. The molecule has 0 aromatic carbocycles. The van der Waals surface area contributed by atoms with E-state index in [9.17, 15) is 9.59 Å². The van der Waals surface area contributed by atoms with Gasteiger partial charge in [-0.3, -0.25) is 9.79 Å². The quantitative estimate of drug-likeness (QED) is 0.822. The minimum absolute atomic E-state index is 0.0459. The van der Waals surface area contributed by atoms with Crippen LogP contribution in [0.1, 0.15) is 18.4 Å².